The van der Waals surface area contributed by atoms with E-state index >= 15 is 0 Å². The molecular formula is C21H27N5O4. The first kappa shape index (κ1) is 21.7. The molecular weight excluding hydrogens is 386 g/mol. The first-order valence-electron chi connectivity index (χ1n) is 9.76. The Hall–Kier alpha value is -3.04. The molecule has 160 valence electrons. The fourth-order valence-corrected chi connectivity index (χ4v) is 2.98. The summed E-state index contributed by atoms with van der Waals surface area (Å²) in [4.78, 5) is 13.3. The third kappa shape index (κ3) is 5.11. The molecule has 1 atom stereocenters. The van der Waals surface area contributed by atoms with Crippen LogP contribution in [0.1, 0.15) is 30.7 Å². The minimum atomic E-state index is -0.922. The van der Waals surface area contributed by atoms with Gasteiger partial charge in [-0.3, -0.25) is 0 Å². The number of aliphatic hydroxyl groups excluding tert-OH is 2. The van der Waals surface area contributed by atoms with E-state index < -0.39 is 6.10 Å². The van der Waals surface area contributed by atoms with Gasteiger partial charge in [-0.1, -0.05) is 5.16 Å². The van der Waals surface area contributed by atoms with E-state index in [1.807, 2.05) is 46.8 Å². The lowest BCUT2D eigenvalue weighted by molar-refractivity contribution is 0.0532. The highest BCUT2D eigenvalue weighted by Gasteiger charge is 2.16. The third-order valence-corrected chi connectivity index (χ3v) is 4.27. The Morgan fingerprint density at radius 1 is 1.07 bits per heavy atom. The normalized spacial score (nSPS) is 12.3. The van der Waals surface area contributed by atoms with Crippen molar-refractivity contribution in [1.82, 2.24) is 20.1 Å². The Labute approximate surface area is 175 Å². The van der Waals surface area contributed by atoms with Crippen LogP contribution in [-0.4, -0.2) is 55.7 Å². The van der Waals surface area contributed by atoms with Gasteiger partial charge in [0.25, 0.3) is 5.89 Å². The molecule has 0 fully saturated rings. The van der Waals surface area contributed by atoms with E-state index in [9.17, 15) is 5.11 Å². The molecule has 0 aliphatic heterocycles. The number of benzene rings is 1. The molecule has 3 aromatic rings. The van der Waals surface area contributed by atoms with Crippen molar-refractivity contribution < 1.29 is 19.5 Å². The summed E-state index contributed by atoms with van der Waals surface area (Å²) >= 11 is 0. The van der Waals surface area contributed by atoms with Crippen LogP contribution in [0, 0.1) is 20.8 Å². The van der Waals surface area contributed by atoms with Crippen molar-refractivity contribution in [3.8, 4) is 28.7 Å². The van der Waals surface area contributed by atoms with Crippen LogP contribution in [0.4, 0.5) is 5.95 Å². The largest absolute Gasteiger partial charge is 0.490 e. The Kier molecular flexibility index (Phi) is 6.63. The van der Waals surface area contributed by atoms with Crippen LogP contribution in [0.15, 0.2) is 22.7 Å². The lowest BCUT2D eigenvalue weighted by Crippen LogP contribution is -2.21. The second-order valence-corrected chi connectivity index (χ2v) is 7.53. The summed E-state index contributed by atoms with van der Waals surface area (Å²) in [5.74, 6) is 1.92. The number of aromatic nitrogens is 4. The van der Waals surface area contributed by atoms with E-state index in [1.165, 1.54) is 0 Å². The average Bonchev–Trinajstić information content (AvgIpc) is 3.16. The lowest BCUT2D eigenvalue weighted by Gasteiger charge is -2.15. The quantitative estimate of drug-likeness (QED) is 0.511. The third-order valence-electron chi connectivity index (χ3n) is 4.27. The predicted octanol–water partition coefficient (Wildman–Crippen LogP) is 2.67. The second kappa shape index (κ2) is 9.19. The zero-order valence-corrected chi connectivity index (χ0v) is 17.8. The van der Waals surface area contributed by atoms with Gasteiger partial charge in [-0.2, -0.15) is 4.98 Å². The Morgan fingerprint density at radius 2 is 1.77 bits per heavy atom. The molecule has 0 aliphatic rings. The van der Waals surface area contributed by atoms with Crippen LogP contribution >= 0.6 is 0 Å². The number of aryl methyl sites for hydroxylation is 3. The smallest absolute Gasteiger partial charge is 0.277 e. The van der Waals surface area contributed by atoms with Gasteiger partial charge in [-0.05, 0) is 63.9 Å². The number of nitrogens with one attached hydrogen (secondary N) is 1. The summed E-state index contributed by atoms with van der Waals surface area (Å²) < 4.78 is 11.1. The Balaban J connectivity index is 1.87. The highest BCUT2D eigenvalue weighted by Crippen LogP contribution is 2.30. The molecule has 0 amide bonds. The van der Waals surface area contributed by atoms with E-state index in [0.29, 0.717) is 29.1 Å². The van der Waals surface area contributed by atoms with Crippen molar-refractivity contribution in [2.45, 2.75) is 46.8 Å². The molecule has 0 spiro atoms. The summed E-state index contributed by atoms with van der Waals surface area (Å²) in [7, 11) is 0. The molecule has 9 heteroatoms. The van der Waals surface area contributed by atoms with E-state index in [0.717, 1.165) is 22.4 Å². The van der Waals surface area contributed by atoms with Gasteiger partial charge >= 0.3 is 0 Å². The summed E-state index contributed by atoms with van der Waals surface area (Å²) in [5, 5.41) is 25.7. The van der Waals surface area contributed by atoms with Crippen LogP contribution in [0.3, 0.4) is 0 Å². The maximum absolute atomic E-state index is 9.51. The van der Waals surface area contributed by atoms with Crippen molar-refractivity contribution in [1.29, 1.82) is 0 Å². The van der Waals surface area contributed by atoms with Gasteiger partial charge in [0.15, 0.2) is 0 Å². The first-order valence-corrected chi connectivity index (χ1v) is 9.76. The number of anilines is 1. The van der Waals surface area contributed by atoms with Gasteiger partial charge in [0.05, 0.1) is 6.61 Å². The summed E-state index contributed by atoms with van der Waals surface area (Å²) in [5.41, 5.74) is 3.85. The molecule has 0 aliphatic carbocycles. The predicted molar refractivity (Wildman–Crippen MR) is 112 cm³/mol. The molecule has 0 unspecified atom stereocenters. The maximum atomic E-state index is 9.51. The minimum Gasteiger partial charge on any atom is -0.490 e. The monoisotopic (exact) mass is 413 g/mol. The van der Waals surface area contributed by atoms with Crippen LogP contribution in [-0.2, 0) is 0 Å². The standard InChI is InChI=1S/C21H27N5O4/c1-11(2)22-21-23-14(5)8-17(24-21)20-25-19(26-30-20)15-6-12(3)18(13(4)7-15)29-10-16(28)9-27/h6-8,11,16,27-28H,9-10H2,1-5H3,(H,22,23,24)/t16-/m1/s1. The highest BCUT2D eigenvalue weighted by molar-refractivity contribution is 5.63. The summed E-state index contributed by atoms with van der Waals surface area (Å²) in [6.07, 6.45) is -0.922. The maximum Gasteiger partial charge on any atom is 0.277 e. The van der Waals surface area contributed by atoms with E-state index in [4.69, 9.17) is 14.4 Å². The Morgan fingerprint density at radius 3 is 2.40 bits per heavy atom. The summed E-state index contributed by atoms with van der Waals surface area (Å²) in [6, 6.07) is 5.77. The first-order chi connectivity index (χ1) is 14.3. The van der Waals surface area contributed by atoms with Gasteiger partial charge in [-0.25, -0.2) is 9.97 Å². The van der Waals surface area contributed by atoms with E-state index in [-0.39, 0.29) is 19.3 Å². The van der Waals surface area contributed by atoms with Crippen molar-refractivity contribution >= 4 is 5.95 Å². The van der Waals surface area contributed by atoms with Gasteiger partial charge in [0.2, 0.25) is 11.8 Å². The average molecular weight is 413 g/mol. The van der Waals surface area contributed by atoms with Crippen LogP contribution in [0.5, 0.6) is 5.75 Å². The molecule has 3 N–H and O–H groups in total. The van der Waals surface area contributed by atoms with Crippen LogP contribution < -0.4 is 10.1 Å². The SMILES string of the molecule is Cc1cc(-c2nc(-c3cc(C)c(OC[C@H](O)CO)c(C)c3)no2)nc(NC(C)C)n1. The summed E-state index contributed by atoms with van der Waals surface area (Å²) in [6.45, 7) is 9.37. The molecule has 0 radical (unpaired) electrons. The van der Waals surface area contributed by atoms with Crippen molar-refractivity contribution in [2.75, 3.05) is 18.5 Å². The molecule has 0 saturated carbocycles. The molecule has 2 aromatic heterocycles. The number of aliphatic hydroxyl groups is 2. The molecule has 9 nitrogen and oxygen atoms in total. The van der Waals surface area contributed by atoms with Crippen molar-refractivity contribution in [3.63, 3.8) is 0 Å². The van der Waals surface area contributed by atoms with E-state index in [1.54, 1.807) is 6.07 Å². The van der Waals surface area contributed by atoms with Gasteiger partial charge in [-0.15, -0.1) is 0 Å². The molecule has 3 rings (SSSR count). The fourth-order valence-electron chi connectivity index (χ4n) is 2.98. The van der Waals surface area contributed by atoms with Gasteiger partial charge < -0.3 is 24.8 Å². The minimum absolute atomic E-state index is 0.0176. The van der Waals surface area contributed by atoms with Crippen molar-refractivity contribution in [2.24, 2.45) is 0 Å². The van der Waals surface area contributed by atoms with Gasteiger partial charge in [0.1, 0.15) is 24.2 Å². The topological polar surface area (TPSA) is 126 Å². The molecule has 0 bridgehead atoms. The van der Waals surface area contributed by atoms with E-state index in [2.05, 4.69) is 25.4 Å². The van der Waals surface area contributed by atoms with Gasteiger partial charge in [0, 0.05) is 17.3 Å². The molecule has 2 heterocycles. The van der Waals surface area contributed by atoms with Crippen LogP contribution in [0.2, 0.25) is 0 Å². The molecule has 1 aromatic carbocycles. The second-order valence-electron chi connectivity index (χ2n) is 7.53. The lowest BCUT2D eigenvalue weighted by atomic mass is 10.1. The molecule has 0 saturated heterocycles. The zero-order valence-electron chi connectivity index (χ0n) is 17.8. The Bertz CT molecular complexity index is 995. The molecule has 30 heavy (non-hydrogen) atoms. The number of rotatable bonds is 8. The number of ether oxygens (including phenoxy) is 1. The number of hydrogen-bond donors (Lipinski definition) is 3. The zero-order chi connectivity index (χ0) is 21.8. The van der Waals surface area contributed by atoms with Crippen LogP contribution in [0.25, 0.3) is 23.0 Å². The highest BCUT2D eigenvalue weighted by atomic mass is 16.5. The van der Waals surface area contributed by atoms with Crippen molar-refractivity contribution in [3.05, 3.63) is 35.0 Å². The number of hydrogen-bond acceptors (Lipinski definition) is 9. The fraction of sp³-hybridized carbons (Fsp3) is 0.429. The number of nitrogens with zero attached hydrogens (tertiary/aromatic N) is 4.